The minimum atomic E-state index is -0.808. The molecule has 1 aliphatic rings. The van der Waals surface area contributed by atoms with Crippen molar-refractivity contribution < 1.29 is 18.3 Å². The lowest BCUT2D eigenvalue weighted by molar-refractivity contribution is 0.102. The van der Waals surface area contributed by atoms with Gasteiger partial charge in [0.2, 0.25) is 0 Å². The van der Waals surface area contributed by atoms with Gasteiger partial charge in [-0.25, -0.2) is 14.4 Å². The first-order chi connectivity index (χ1) is 11.9. The maximum Gasteiger partial charge on any atom is 0.282 e. The minimum absolute atomic E-state index is 0.0417. The van der Waals surface area contributed by atoms with Crippen LogP contribution in [0.4, 0.5) is 10.1 Å². The Morgan fingerprint density at radius 3 is 2.92 bits per heavy atom. The molecule has 2 aromatic rings. The molecule has 8 heteroatoms. The summed E-state index contributed by atoms with van der Waals surface area (Å²) in [6, 6.07) is 4.41. The number of benzene rings is 1. The molecular weight excluding hydrogens is 327 g/mol. The molecule has 3 N–H and O–H groups in total. The van der Waals surface area contributed by atoms with Crippen LogP contribution in [-0.4, -0.2) is 23.5 Å². The van der Waals surface area contributed by atoms with Crippen LogP contribution in [0.15, 0.2) is 33.9 Å². The van der Waals surface area contributed by atoms with Crippen LogP contribution >= 0.6 is 0 Å². The van der Waals surface area contributed by atoms with E-state index in [0.29, 0.717) is 36.6 Å². The van der Waals surface area contributed by atoms with E-state index in [1.165, 1.54) is 18.4 Å². The molecule has 3 rings (SSSR count). The maximum absolute atomic E-state index is 14.5. The van der Waals surface area contributed by atoms with Gasteiger partial charge >= 0.3 is 0 Å². The molecule has 0 spiro atoms. The summed E-state index contributed by atoms with van der Waals surface area (Å²) in [7, 11) is 0. The fraction of sp³-hybridized carbons (Fsp3) is 0.353. The first-order valence-corrected chi connectivity index (χ1v) is 7.95. The van der Waals surface area contributed by atoms with Crippen molar-refractivity contribution in [1.82, 2.24) is 4.98 Å². The van der Waals surface area contributed by atoms with Gasteiger partial charge in [-0.3, -0.25) is 4.79 Å². The van der Waals surface area contributed by atoms with Gasteiger partial charge in [-0.05, 0) is 24.6 Å². The second-order valence-corrected chi connectivity index (χ2v) is 5.83. The molecule has 2 heterocycles. The fourth-order valence-electron chi connectivity index (χ4n) is 2.89. The highest BCUT2D eigenvalue weighted by Gasteiger charge is 2.36. The Kier molecular flexibility index (Phi) is 4.43. The monoisotopic (exact) mass is 346 g/mol. The number of nitrogens with zero attached hydrogens (tertiary/aromatic N) is 2. The van der Waals surface area contributed by atoms with E-state index in [2.05, 4.69) is 15.3 Å². The number of carbonyl (C=O) groups excluding carboxylic acids is 1. The Bertz CT molecular complexity index is 833. The Morgan fingerprint density at radius 1 is 1.48 bits per heavy atom. The van der Waals surface area contributed by atoms with Crippen molar-refractivity contribution >= 4 is 17.6 Å². The number of ether oxygens (including phenoxy) is 1. The predicted molar refractivity (Wildman–Crippen MR) is 89.8 cm³/mol. The van der Waals surface area contributed by atoms with E-state index >= 15 is 0 Å². The number of aliphatic imine (C=N–C) groups is 1. The Balaban J connectivity index is 1.93. The summed E-state index contributed by atoms with van der Waals surface area (Å²) < 4.78 is 24.7. The van der Waals surface area contributed by atoms with Gasteiger partial charge in [0.1, 0.15) is 12.1 Å². The number of nitrogens with one attached hydrogen (secondary N) is 1. The molecule has 1 aromatic carbocycles. The number of amidine groups is 1. The van der Waals surface area contributed by atoms with E-state index in [9.17, 15) is 9.18 Å². The van der Waals surface area contributed by atoms with Crippen LogP contribution < -0.4 is 11.1 Å². The number of anilines is 1. The van der Waals surface area contributed by atoms with Crippen molar-refractivity contribution in [2.45, 2.75) is 32.2 Å². The van der Waals surface area contributed by atoms with Crippen molar-refractivity contribution in [3.8, 4) is 0 Å². The zero-order valence-corrected chi connectivity index (χ0v) is 14.0. The Labute approximate surface area is 144 Å². The van der Waals surface area contributed by atoms with E-state index < -0.39 is 17.3 Å². The van der Waals surface area contributed by atoms with Crippen molar-refractivity contribution in [2.75, 3.05) is 11.9 Å². The zero-order chi connectivity index (χ0) is 18.0. The van der Waals surface area contributed by atoms with Gasteiger partial charge in [0.25, 0.3) is 11.9 Å². The number of oxazole rings is 1. The van der Waals surface area contributed by atoms with Gasteiger partial charge in [-0.15, -0.1) is 0 Å². The number of aryl methyl sites for hydroxylation is 1. The van der Waals surface area contributed by atoms with Gasteiger partial charge in [0.05, 0.1) is 12.1 Å². The van der Waals surface area contributed by atoms with Gasteiger partial charge in [-0.2, -0.15) is 0 Å². The average Bonchev–Trinajstić information content (AvgIpc) is 3.03. The molecule has 1 aromatic heterocycles. The van der Waals surface area contributed by atoms with Crippen molar-refractivity contribution in [2.24, 2.45) is 10.7 Å². The number of rotatable bonds is 4. The SMILES string of the molecule is CC[C@@]1(c2cc(NC(=O)c3coc(C)n3)ccc2F)CCOC(N)=N1. The third-order valence-electron chi connectivity index (χ3n) is 4.25. The third-order valence-corrected chi connectivity index (χ3v) is 4.25. The summed E-state index contributed by atoms with van der Waals surface area (Å²) >= 11 is 0. The van der Waals surface area contributed by atoms with E-state index in [-0.39, 0.29) is 11.7 Å². The van der Waals surface area contributed by atoms with E-state index in [4.69, 9.17) is 14.9 Å². The van der Waals surface area contributed by atoms with Crippen LogP contribution in [0.3, 0.4) is 0 Å². The molecule has 0 bridgehead atoms. The van der Waals surface area contributed by atoms with E-state index in [1.54, 1.807) is 13.0 Å². The summed E-state index contributed by atoms with van der Waals surface area (Å²) in [4.78, 5) is 20.5. The highest BCUT2D eigenvalue weighted by molar-refractivity contribution is 6.02. The minimum Gasteiger partial charge on any atom is -0.465 e. The molecule has 0 fully saturated rings. The molecule has 1 aliphatic heterocycles. The third kappa shape index (κ3) is 3.33. The van der Waals surface area contributed by atoms with Gasteiger partial charge in [0, 0.05) is 24.6 Å². The molecule has 0 aliphatic carbocycles. The molecule has 0 unspecified atom stereocenters. The number of aromatic nitrogens is 1. The van der Waals surface area contributed by atoms with Crippen LogP contribution in [0.1, 0.15) is 41.7 Å². The number of halogens is 1. The molecule has 1 amide bonds. The summed E-state index contributed by atoms with van der Waals surface area (Å²) in [6.07, 6.45) is 2.32. The van der Waals surface area contributed by atoms with Gasteiger partial charge in [0.15, 0.2) is 11.6 Å². The van der Waals surface area contributed by atoms with Gasteiger partial charge in [-0.1, -0.05) is 6.92 Å². The van der Waals surface area contributed by atoms with Crippen LogP contribution in [0.2, 0.25) is 0 Å². The van der Waals surface area contributed by atoms with Crippen LogP contribution in [0, 0.1) is 12.7 Å². The Morgan fingerprint density at radius 2 is 2.28 bits per heavy atom. The predicted octanol–water partition coefficient (Wildman–Crippen LogP) is 2.71. The maximum atomic E-state index is 14.5. The second kappa shape index (κ2) is 6.54. The molecule has 0 radical (unpaired) electrons. The van der Waals surface area contributed by atoms with Crippen molar-refractivity contribution in [3.63, 3.8) is 0 Å². The summed E-state index contributed by atoms with van der Waals surface area (Å²) in [5.74, 6) is -0.451. The van der Waals surface area contributed by atoms with Crippen molar-refractivity contribution in [1.29, 1.82) is 0 Å². The topological polar surface area (TPSA) is 103 Å². The second-order valence-electron chi connectivity index (χ2n) is 5.83. The first-order valence-electron chi connectivity index (χ1n) is 7.95. The lowest BCUT2D eigenvalue weighted by Crippen LogP contribution is -2.36. The molecule has 1 atom stereocenters. The summed E-state index contributed by atoms with van der Waals surface area (Å²) in [5.41, 5.74) is 5.84. The lowest BCUT2D eigenvalue weighted by atomic mass is 9.84. The standard InChI is InChI=1S/C17H19FN4O3/c1-3-17(6-7-24-16(19)22-17)12-8-11(4-5-13(12)18)21-15(23)14-9-25-10(2)20-14/h4-5,8-9H,3,6-7H2,1-2H3,(H2,19,22)(H,21,23)/t17-/m0/s1. The molecule has 25 heavy (non-hydrogen) atoms. The summed E-state index contributed by atoms with van der Waals surface area (Å²) in [5, 5.41) is 2.69. The number of amides is 1. The molecule has 132 valence electrons. The number of nitrogens with two attached hydrogens (primary N) is 1. The Hall–Kier alpha value is -2.90. The van der Waals surface area contributed by atoms with Crippen LogP contribution in [0.5, 0.6) is 0 Å². The quantitative estimate of drug-likeness (QED) is 0.886. The highest BCUT2D eigenvalue weighted by atomic mass is 19.1. The largest absolute Gasteiger partial charge is 0.465 e. The highest BCUT2D eigenvalue weighted by Crippen LogP contribution is 2.38. The smallest absolute Gasteiger partial charge is 0.282 e. The average molecular weight is 346 g/mol. The van der Waals surface area contributed by atoms with Crippen LogP contribution in [-0.2, 0) is 10.3 Å². The number of hydrogen-bond acceptors (Lipinski definition) is 6. The fourth-order valence-corrected chi connectivity index (χ4v) is 2.89. The first kappa shape index (κ1) is 16.9. The van der Waals surface area contributed by atoms with E-state index in [0.717, 1.165) is 0 Å². The van der Waals surface area contributed by atoms with Crippen LogP contribution in [0.25, 0.3) is 0 Å². The number of carbonyl (C=O) groups is 1. The number of hydrogen-bond donors (Lipinski definition) is 2. The summed E-state index contributed by atoms with van der Waals surface area (Å²) in [6.45, 7) is 3.91. The molecule has 0 saturated carbocycles. The molecule has 7 nitrogen and oxygen atoms in total. The normalized spacial score (nSPS) is 19.9. The lowest BCUT2D eigenvalue weighted by Gasteiger charge is -2.33. The molecular formula is C17H19FN4O3. The van der Waals surface area contributed by atoms with E-state index in [1.807, 2.05) is 6.92 Å². The van der Waals surface area contributed by atoms with Crippen molar-refractivity contribution in [3.05, 3.63) is 47.4 Å². The van der Waals surface area contributed by atoms with Gasteiger partial charge < -0.3 is 20.2 Å². The zero-order valence-electron chi connectivity index (χ0n) is 14.0. The molecule has 0 saturated heterocycles.